The predicted octanol–water partition coefficient (Wildman–Crippen LogP) is 1.85. The quantitative estimate of drug-likeness (QED) is 0.635. The molecule has 74 valence electrons. The Morgan fingerprint density at radius 2 is 1.92 bits per heavy atom. The molecule has 1 atom stereocenters. The van der Waals surface area contributed by atoms with Gasteiger partial charge in [0.1, 0.15) is 0 Å². The highest BCUT2D eigenvalue weighted by Gasteiger charge is 2.04. The fourth-order valence-electron chi connectivity index (χ4n) is 1.38. The lowest BCUT2D eigenvalue weighted by molar-refractivity contribution is 0.299. The van der Waals surface area contributed by atoms with Crippen molar-refractivity contribution < 1.29 is 0 Å². The van der Waals surface area contributed by atoms with Crippen LogP contribution in [-0.2, 0) is 0 Å². The number of likely N-dealkylation sites (N-methyl/N-ethyl adjacent to an activating group) is 1. The molecule has 2 nitrogen and oxygen atoms in total. The van der Waals surface area contributed by atoms with Gasteiger partial charge in [0.05, 0.1) is 0 Å². The van der Waals surface area contributed by atoms with Crippen molar-refractivity contribution in [1.29, 1.82) is 0 Å². The Balaban J connectivity index is 3.33. The molecule has 0 aromatic rings. The van der Waals surface area contributed by atoms with E-state index in [4.69, 9.17) is 5.73 Å². The van der Waals surface area contributed by atoms with E-state index in [1.807, 2.05) is 0 Å². The van der Waals surface area contributed by atoms with Crippen LogP contribution in [-0.4, -0.2) is 31.1 Å². The molecule has 0 aromatic heterocycles. The zero-order valence-electron chi connectivity index (χ0n) is 8.84. The second kappa shape index (κ2) is 7.56. The van der Waals surface area contributed by atoms with E-state index in [1.165, 1.54) is 25.8 Å². The third kappa shape index (κ3) is 6.62. The Kier molecular flexibility index (Phi) is 7.51. The third-order valence-electron chi connectivity index (χ3n) is 2.10. The molecule has 0 saturated heterocycles. The van der Waals surface area contributed by atoms with Gasteiger partial charge in [-0.1, -0.05) is 26.7 Å². The van der Waals surface area contributed by atoms with Gasteiger partial charge in [-0.2, -0.15) is 0 Å². The molecule has 0 radical (unpaired) electrons. The van der Waals surface area contributed by atoms with Crippen LogP contribution in [0, 0.1) is 0 Å². The molecule has 0 aromatic carbocycles. The van der Waals surface area contributed by atoms with Gasteiger partial charge in [0.2, 0.25) is 0 Å². The summed E-state index contributed by atoms with van der Waals surface area (Å²) < 4.78 is 0. The molecular weight excluding hydrogens is 148 g/mol. The van der Waals surface area contributed by atoms with Gasteiger partial charge in [0.15, 0.2) is 0 Å². The van der Waals surface area contributed by atoms with Crippen molar-refractivity contribution in [3.8, 4) is 0 Å². The van der Waals surface area contributed by atoms with Crippen LogP contribution in [0.5, 0.6) is 0 Å². The largest absolute Gasteiger partial charge is 0.327 e. The first kappa shape index (κ1) is 11.9. The molecule has 2 N–H and O–H groups in total. The zero-order chi connectivity index (χ0) is 9.40. The van der Waals surface area contributed by atoms with E-state index in [0.717, 1.165) is 13.0 Å². The van der Waals surface area contributed by atoms with Crippen LogP contribution in [0.15, 0.2) is 0 Å². The predicted molar refractivity (Wildman–Crippen MR) is 55.3 cm³/mol. The topological polar surface area (TPSA) is 29.3 Å². The Bertz CT molecular complexity index is 93.8. The van der Waals surface area contributed by atoms with Crippen molar-refractivity contribution in [1.82, 2.24) is 4.90 Å². The molecule has 0 aliphatic rings. The molecule has 2 heteroatoms. The van der Waals surface area contributed by atoms with Crippen molar-refractivity contribution >= 4 is 0 Å². The van der Waals surface area contributed by atoms with Gasteiger partial charge in [0, 0.05) is 12.6 Å². The summed E-state index contributed by atoms with van der Waals surface area (Å²) in [5.74, 6) is 0. The summed E-state index contributed by atoms with van der Waals surface area (Å²) in [6.45, 7) is 6.65. The smallest absolute Gasteiger partial charge is 0.0167 e. The number of nitrogens with zero attached hydrogens (tertiary/aromatic N) is 1. The first-order chi connectivity index (χ1) is 5.70. The number of unbranched alkanes of at least 4 members (excludes halogenated alkanes) is 1. The second-order valence-electron chi connectivity index (χ2n) is 3.66. The molecule has 0 rings (SSSR count). The lowest BCUT2D eigenvalue weighted by atomic mass is 10.1. The van der Waals surface area contributed by atoms with Gasteiger partial charge in [-0.05, 0) is 26.4 Å². The molecule has 0 bridgehead atoms. The summed E-state index contributed by atoms with van der Waals surface area (Å²) in [6.07, 6.45) is 4.90. The number of nitrogens with two attached hydrogens (primary N) is 1. The van der Waals surface area contributed by atoms with Crippen LogP contribution in [0.2, 0.25) is 0 Å². The lowest BCUT2D eigenvalue weighted by Gasteiger charge is -2.20. The molecule has 0 spiro atoms. The summed E-state index contributed by atoms with van der Waals surface area (Å²) in [5, 5.41) is 0. The van der Waals surface area contributed by atoms with E-state index in [9.17, 15) is 0 Å². The van der Waals surface area contributed by atoms with E-state index in [-0.39, 0.29) is 0 Å². The molecule has 0 aliphatic heterocycles. The van der Waals surface area contributed by atoms with Gasteiger partial charge in [-0.25, -0.2) is 0 Å². The monoisotopic (exact) mass is 172 g/mol. The summed E-state index contributed by atoms with van der Waals surface area (Å²) in [4.78, 5) is 2.34. The summed E-state index contributed by atoms with van der Waals surface area (Å²) >= 11 is 0. The maximum Gasteiger partial charge on any atom is 0.0167 e. The van der Waals surface area contributed by atoms with Crippen LogP contribution in [0.4, 0.5) is 0 Å². The first-order valence-electron chi connectivity index (χ1n) is 5.14. The van der Waals surface area contributed by atoms with Crippen LogP contribution in [0.3, 0.4) is 0 Å². The molecular formula is C10H24N2. The molecule has 12 heavy (non-hydrogen) atoms. The summed E-state index contributed by atoms with van der Waals surface area (Å²) in [6, 6.07) is 0.372. The molecule has 0 aliphatic carbocycles. The Morgan fingerprint density at radius 3 is 2.42 bits per heavy atom. The minimum atomic E-state index is 0.372. The first-order valence-corrected chi connectivity index (χ1v) is 5.14. The summed E-state index contributed by atoms with van der Waals surface area (Å²) in [5.41, 5.74) is 5.92. The molecule has 0 amide bonds. The molecule has 0 fully saturated rings. The second-order valence-corrected chi connectivity index (χ2v) is 3.66. The van der Waals surface area contributed by atoms with Gasteiger partial charge >= 0.3 is 0 Å². The minimum absolute atomic E-state index is 0.372. The van der Waals surface area contributed by atoms with Crippen LogP contribution >= 0.6 is 0 Å². The van der Waals surface area contributed by atoms with Crippen LogP contribution in [0.1, 0.15) is 39.5 Å². The lowest BCUT2D eigenvalue weighted by Crippen LogP contribution is -2.35. The zero-order valence-corrected chi connectivity index (χ0v) is 8.84. The molecule has 0 unspecified atom stereocenters. The van der Waals surface area contributed by atoms with Crippen molar-refractivity contribution in [3.05, 3.63) is 0 Å². The van der Waals surface area contributed by atoms with Crippen molar-refractivity contribution in [3.63, 3.8) is 0 Å². The normalized spacial score (nSPS) is 13.8. The summed E-state index contributed by atoms with van der Waals surface area (Å²) in [7, 11) is 2.16. The van der Waals surface area contributed by atoms with E-state index < -0.39 is 0 Å². The van der Waals surface area contributed by atoms with E-state index in [2.05, 4.69) is 25.8 Å². The molecule has 0 heterocycles. The highest BCUT2D eigenvalue weighted by molar-refractivity contribution is 4.64. The van der Waals surface area contributed by atoms with Gasteiger partial charge < -0.3 is 10.6 Å². The standard InChI is InChI=1S/C10H24N2/c1-4-6-8-12(3)9-10(11)7-5-2/h10H,4-9,11H2,1-3H3/t10-/m1/s1. The number of hydrogen-bond donors (Lipinski definition) is 1. The van der Waals surface area contributed by atoms with E-state index >= 15 is 0 Å². The SMILES string of the molecule is CCCCN(C)C[C@H](N)CCC. The van der Waals surface area contributed by atoms with Gasteiger partial charge in [0.25, 0.3) is 0 Å². The number of hydrogen-bond acceptors (Lipinski definition) is 2. The third-order valence-corrected chi connectivity index (χ3v) is 2.10. The Morgan fingerprint density at radius 1 is 1.25 bits per heavy atom. The molecule has 0 saturated carbocycles. The fourth-order valence-corrected chi connectivity index (χ4v) is 1.38. The van der Waals surface area contributed by atoms with Crippen molar-refractivity contribution in [2.45, 2.75) is 45.6 Å². The number of rotatable bonds is 7. The maximum absolute atomic E-state index is 5.92. The van der Waals surface area contributed by atoms with Crippen LogP contribution in [0.25, 0.3) is 0 Å². The van der Waals surface area contributed by atoms with Gasteiger partial charge in [-0.15, -0.1) is 0 Å². The van der Waals surface area contributed by atoms with E-state index in [1.54, 1.807) is 0 Å². The highest BCUT2D eigenvalue weighted by Crippen LogP contribution is 1.97. The fraction of sp³-hybridized carbons (Fsp3) is 1.00. The minimum Gasteiger partial charge on any atom is -0.327 e. The van der Waals surface area contributed by atoms with E-state index in [0.29, 0.717) is 6.04 Å². The maximum atomic E-state index is 5.92. The highest BCUT2D eigenvalue weighted by atomic mass is 15.1. The Labute approximate surface area is 77.1 Å². The average Bonchev–Trinajstić information content (AvgIpc) is 2.01. The van der Waals surface area contributed by atoms with Crippen molar-refractivity contribution in [2.75, 3.05) is 20.1 Å². The van der Waals surface area contributed by atoms with Gasteiger partial charge in [-0.3, -0.25) is 0 Å². The van der Waals surface area contributed by atoms with Crippen LogP contribution < -0.4 is 5.73 Å². The van der Waals surface area contributed by atoms with Crippen molar-refractivity contribution in [2.24, 2.45) is 5.73 Å². The average molecular weight is 172 g/mol. The Hall–Kier alpha value is -0.0800.